The molecule has 47 heavy (non-hydrogen) atoms. The highest BCUT2D eigenvalue weighted by Crippen LogP contribution is 2.14. The zero-order chi connectivity index (χ0) is 34.5. The standard InChI is InChI=1S/C41H65NO5/c1-3-5-7-9-10-11-12-13-14-15-16-17-18-19-20-21-22-23-24-26-32-36-41(46)47-38(33-29-25-8-6-4-2)34-30-27-28-31-35-39(43)42-37-40(44)45/h5,7,10-11,13-14,16-17,19-20,22-23,29,33,38H,3-4,6,8-9,12,15,18,21,24-28,30-32,34-37H2,1-2H3,(H,42,43)(H,44,45)/b7-5-,11-10-,14-13-,17-16-,20-19-,23-22-,33-29-. The average Bonchev–Trinajstić information content (AvgIpc) is 3.05. The average molecular weight is 652 g/mol. The SMILES string of the molecule is CC/C=C\C/C=C\C/C=C\C/C=C\C/C=C\C/C=C\CCCCC(=O)OC(/C=C\CCCCC)CCCCCCC(=O)NCC(=O)O. The first-order valence-electron chi connectivity index (χ1n) is 18.2. The molecule has 0 aromatic rings. The number of carboxylic acid groups (broad SMARTS) is 1. The maximum absolute atomic E-state index is 12.5. The molecule has 0 aromatic heterocycles. The predicted molar refractivity (Wildman–Crippen MR) is 198 cm³/mol. The lowest BCUT2D eigenvalue weighted by Crippen LogP contribution is -2.28. The van der Waals surface area contributed by atoms with Crippen molar-refractivity contribution in [2.75, 3.05) is 6.54 Å². The fourth-order valence-electron chi connectivity index (χ4n) is 4.60. The third-order valence-electron chi connectivity index (χ3n) is 7.29. The van der Waals surface area contributed by atoms with Crippen LogP contribution >= 0.6 is 0 Å². The number of nitrogens with one attached hydrogen (secondary N) is 1. The van der Waals surface area contributed by atoms with Crippen molar-refractivity contribution in [3.63, 3.8) is 0 Å². The molecule has 0 aliphatic rings. The van der Waals surface area contributed by atoms with Gasteiger partial charge in [0.2, 0.25) is 5.91 Å². The Kier molecular flexibility index (Phi) is 32.9. The Morgan fingerprint density at radius 1 is 0.596 bits per heavy atom. The lowest BCUT2D eigenvalue weighted by atomic mass is 10.1. The Labute approximate surface area is 286 Å². The van der Waals surface area contributed by atoms with Crippen LogP contribution in [0.3, 0.4) is 0 Å². The summed E-state index contributed by atoms with van der Waals surface area (Å²) in [7, 11) is 0. The molecule has 0 spiro atoms. The van der Waals surface area contributed by atoms with Gasteiger partial charge in [-0.15, -0.1) is 0 Å². The van der Waals surface area contributed by atoms with Crippen LogP contribution in [0.1, 0.15) is 142 Å². The number of hydrogen-bond donors (Lipinski definition) is 2. The number of ether oxygens (including phenoxy) is 1. The summed E-state index contributed by atoms with van der Waals surface area (Å²) in [5.74, 6) is -1.40. The van der Waals surface area contributed by atoms with Crippen molar-refractivity contribution in [1.29, 1.82) is 0 Å². The number of amides is 1. The van der Waals surface area contributed by atoms with Gasteiger partial charge in [0.05, 0.1) is 0 Å². The van der Waals surface area contributed by atoms with Gasteiger partial charge in [0.25, 0.3) is 0 Å². The first-order chi connectivity index (χ1) is 23.0. The van der Waals surface area contributed by atoms with E-state index < -0.39 is 5.97 Å². The first-order valence-corrected chi connectivity index (χ1v) is 18.2. The molecular weight excluding hydrogens is 586 g/mol. The van der Waals surface area contributed by atoms with Crippen molar-refractivity contribution in [2.24, 2.45) is 0 Å². The van der Waals surface area contributed by atoms with Crippen molar-refractivity contribution in [2.45, 2.75) is 148 Å². The molecular formula is C41H65NO5. The fraction of sp³-hybridized carbons (Fsp3) is 0.585. The zero-order valence-electron chi connectivity index (χ0n) is 29.6. The number of hydrogen-bond acceptors (Lipinski definition) is 4. The molecule has 6 nitrogen and oxygen atoms in total. The van der Waals surface area contributed by atoms with Crippen molar-refractivity contribution >= 4 is 17.8 Å². The van der Waals surface area contributed by atoms with Gasteiger partial charge in [-0.2, -0.15) is 0 Å². The molecule has 0 rings (SSSR count). The van der Waals surface area contributed by atoms with Gasteiger partial charge in [-0.1, -0.05) is 119 Å². The van der Waals surface area contributed by atoms with Crippen LogP contribution in [0.15, 0.2) is 85.1 Å². The van der Waals surface area contributed by atoms with E-state index in [1.807, 2.05) is 6.08 Å². The van der Waals surface area contributed by atoms with Crippen molar-refractivity contribution in [1.82, 2.24) is 5.32 Å². The molecule has 2 N–H and O–H groups in total. The molecule has 0 aliphatic heterocycles. The van der Waals surface area contributed by atoms with E-state index in [1.54, 1.807) is 0 Å². The van der Waals surface area contributed by atoms with Gasteiger partial charge >= 0.3 is 11.9 Å². The molecule has 6 heteroatoms. The number of carbonyl (C=O) groups excluding carboxylic acids is 2. The van der Waals surface area contributed by atoms with Crippen LogP contribution in [0, 0.1) is 0 Å². The van der Waals surface area contributed by atoms with E-state index in [1.165, 1.54) is 12.8 Å². The van der Waals surface area contributed by atoms with Crippen LogP contribution in [-0.4, -0.2) is 35.6 Å². The van der Waals surface area contributed by atoms with Crippen molar-refractivity contribution < 1.29 is 24.2 Å². The van der Waals surface area contributed by atoms with Gasteiger partial charge in [0.1, 0.15) is 12.6 Å². The summed E-state index contributed by atoms with van der Waals surface area (Å²) in [6.07, 6.45) is 48.7. The highest BCUT2D eigenvalue weighted by Gasteiger charge is 2.11. The fourth-order valence-corrected chi connectivity index (χ4v) is 4.60. The number of rotatable bonds is 31. The monoisotopic (exact) mass is 651 g/mol. The summed E-state index contributed by atoms with van der Waals surface area (Å²) in [5.41, 5.74) is 0. The molecule has 0 aliphatic carbocycles. The summed E-state index contributed by atoms with van der Waals surface area (Å²) >= 11 is 0. The third kappa shape index (κ3) is 35.3. The molecule has 1 amide bonds. The summed E-state index contributed by atoms with van der Waals surface area (Å²) in [6.45, 7) is 4.00. The quantitative estimate of drug-likeness (QED) is 0.0442. The number of allylic oxidation sites excluding steroid dienone is 13. The van der Waals surface area contributed by atoms with Crippen molar-refractivity contribution in [3.05, 3.63) is 85.1 Å². The minimum Gasteiger partial charge on any atom is -0.480 e. The molecule has 0 radical (unpaired) electrons. The number of esters is 1. The number of unbranched alkanes of at least 4 members (excludes halogenated alkanes) is 8. The van der Waals surface area contributed by atoms with E-state index in [-0.39, 0.29) is 24.5 Å². The highest BCUT2D eigenvalue weighted by atomic mass is 16.5. The zero-order valence-corrected chi connectivity index (χ0v) is 29.6. The van der Waals surface area contributed by atoms with Gasteiger partial charge in [0.15, 0.2) is 0 Å². The molecule has 0 saturated carbocycles. The maximum Gasteiger partial charge on any atom is 0.322 e. The smallest absolute Gasteiger partial charge is 0.322 e. The van der Waals surface area contributed by atoms with Gasteiger partial charge in [-0.25, -0.2) is 0 Å². The summed E-state index contributed by atoms with van der Waals surface area (Å²) in [6, 6.07) is 0. The summed E-state index contributed by atoms with van der Waals surface area (Å²) in [4.78, 5) is 34.7. The number of carboxylic acids is 1. The van der Waals surface area contributed by atoms with Crippen LogP contribution < -0.4 is 5.32 Å². The van der Waals surface area contributed by atoms with Gasteiger partial charge < -0.3 is 15.2 Å². The highest BCUT2D eigenvalue weighted by molar-refractivity contribution is 5.80. The molecule has 0 heterocycles. The molecule has 1 atom stereocenters. The van der Waals surface area contributed by atoms with Crippen LogP contribution in [0.5, 0.6) is 0 Å². The van der Waals surface area contributed by atoms with Gasteiger partial charge in [-0.3, -0.25) is 14.4 Å². The Hall–Kier alpha value is -3.41. The Morgan fingerprint density at radius 2 is 1.11 bits per heavy atom. The van der Waals surface area contributed by atoms with E-state index in [2.05, 4.69) is 98.2 Å². The first kappa shape index (κ1) is 43.6. The Morgan fingerprint density at radius 3 is 1.68 bits per heavy atom. The molecule has 0 bridgehead atoms. The van der Waals surface area contributed by atoms with E-state index in [0.29, 0.717) is 12.8 Å². The second kappa shape index (κ2) is 35.4. The Balaban J connectivity index is 4.10. The number of aliphatic carboxylic acids is 1. The molecule has 264 valence electrons. The lowest BCUT2D eigenvalue weighted by Gasteiger charge is -2.15. The van der Waals surface area contributed by atoms with Crippen LogP contribution in [-0.2, 0) is 19.1 Å². The summed E-state index contributed by atoms with van der Waals surface area (Å²) < 4.78 is 5.81. The molecule has 0 saturated heterocycles. The van der Waals surface area contributed by atoms with E-state index >= 15 is 0 Å². The van der Waals surface area contributed by atoms with E-state index in [0.717, 1.165) is 103 Å². The third-order valence-corrected chi connectivity index (χ3v) is 7.29. The normalized spacial score (nSPS) is 13.1. The topological polar surface area (TPSA) is 92.7 Å². The van der Waals surface area contributed by atoms with Gasteiger partial charge in [-0.05, 0) is 96.0 Å². The van der Waals surface area contributed by atoms with Crippen LogP contribution in [0.25, 0.3) is 0 Å². The molecule has 0 aromatic carbocycles. The second-order valence-corrected chi connectivity index (χ2v) is 11.7. The Bertz CT molecular complexity index is 986. The van der Waals surface area contributed by atoms with Gasteiger partial charge in [0, 0.05) is 12.8 Å². The summed E-state index contributed by atoms with van der Waals surface area (Å²) in [5, 5.41) is 11.0. The largest absolute Gasteiger partial charge is 0.480 e. The van der Waals surface area contributed by atoms with Crippen molar-refractivity contribution in [3.8, 4) is 0 Å². The molecule has 1 unspecified atom stereocenters. The minimum absolute atomic E-state index is 0.133. The molecule has 0 fully saturated rings. The van der Waals surface area contributed by atoms with E-state index in [9.17, 15) is 14.4 Å². The van der Waals surface area contributed by atoms with E-state index in [4.69, 9.17) is 9.84 Å². The second-order valence-electron chi connectivity index (χ2n) is 11.7. The van der Waals surface area contributed by atoms with Crippen LogP contribution in [0.4, 0.5) is 0 Å². The minimum atomic E-state index is -1.04. The predicted octanol–water partition coefficient (Wildman–Crippen LogP) is 10.8. The van der Waals surface area contributed by atoms with Crippen LogP contribution in [0.2, 0.25) is 0 Å². The number of carbonyl (C=O) groups is 3. The maximum atomic E-state index is 12.5. The lowest BCUT2D eigenvalue weighted by molar-refractivity contribution is -0.147.